The maximum atomic E-state index is 12.3. The second-order valence-corrected chi connectivity index (χ2v) is 4.43. The number of methoxy groups -OCH3 is 1. The zero-order chi connectivity index (χ0) is 13.5. The van der Waals surface area contributed by atoms with Crippen molar-refractivity contribution in [3.05, 3.63) is 18.0 Å². The van der Waals surface area contributed by atoms with E-state index < -0.39 is 0 Å². The number of nitrogen functional groups attached to an aromatic ring is 1. The van der Waals surface area contributed by atoms with Gasteiger partial charge < -0.3 is 19.9 Å². The molecule has 1 amide bonds. The zero-order valence-electron chi connectivity index (χ0n) is 11.5. The highest BCUT2D eigenvalue weighted by Crippen LogP contribution is 2.13. The van der Waals surface area contributed by atoms with Crippen LogP contribution in [0.5, 0.6) is 0 Å². The summed E-state index contributed by atoms with van der Waals surface area (Å²) in [5.74, 6) is 0.0104. The van der Waals surface area contributed by atoms with Crippen molar-refractivity contribution in [2.75, 3.05) is 33.0 Å². The van der Waals surface area contributed by atoms with Gasteiger partial charge in [-0.05, 0) is 18.9 Å². The van der Waals surface area contributed by atoms with E-state index in [0.717, 1.165) is 19.4 Å². The van der Waals surface area contributed by atoms with Crippen LogP contribution in [-0.2, 0) is 11.3 Å². The number of amides is 1. The van der Waals surface area contributed by atoms with E-state index in [1.54, 1.807) is 25.1 Å². The highest BCUT2D eigenvalue weighted by atomic mass is 16.5. The van der Waals surface area contributed by atoms with Crippen LogP contribution < -0.4 is 5.73 Å². The molecule has 0 radical (unpaired) electrons. The number of aryl methyl sites for hydroxylation is 1. The second kappa shape index (κ2) is 7.06. The van der Waals surface area contributed by atoms with Crippen molar-refractivity contribution in [3.8, 4) is 0 Å². The standard InChI is InChI=1S/C13H23N3O2/c1-4-6-16-10-11(14)9-12(16)13(17)15(2)7-5-8-18-3/h9-10H,4-8,14H2,1-3H3. The Labute approximate surface area is 109 Å². The molecule has 0 aromatic carbocycles. The van der Waals surface area contributed by atoms with E-state index in [0.29, 0.717) is 24.5 Å². The van der Waals surface area contributed by atoms with E-state index in [4.69, 9.17) is 10.5 Å². The Kier molecular flexibility index (Phi) is 5.71. The molecule has 0 saturated heterocycles. The first-order chi connectivity index (χ1) is 8.60. The highest BCUT2D eigenvalue weighted by Gasteiger charge is 2.16. The van der Waals surface area contributed by atoms with Gasteiger partial charge in [-0.2, -0.15) is 0 Å². The summed E-state index contributed by atoms with van der Waals surface area (Å²) in [5, 5.41) is 0. The average molecular weight is 253 g/mol. The molecule has 0 unspecified atom stereocenters. The third-order valence-electron chi connectivity index (χ3n) is 2.79. The van der Waals surface area contributed by atoms with Gasteiger partial charge in [-0.3, -0.25) is 4.79 Å². The summed E-state index contributed by atoms with van der Waals surface area (Å²) >= 11 is 0. The van der Waals surface area contributed by atoms with Crippen molar-refractivity contribution in [2.45, 2.75) is 26.3 Å². The van der Waals surface area contributed by atoms with Gasteiger partial charge in [-0.15, -0.1) is 0 Å². The van der Waals surface area contributed by atoms with Crippen LogP contribution in [0.25, 0.3) is 0 Å². The Hall–Kier alpha value is -1.49. The van der Waals surface area contributed by atoms with Crippen molar-refractivity contribution < 1.29 is 9.53 Å². The topological polar surface area (TPSA) is 60.5 Å². The SMILES string of the molecule is CCCn1cc(N)cc1C(=O)N(C)CCCOC. The van der Waals surface area contributed by atoms with Crippen molar-refractivity contribution in [3.63, 3.8) is 0 Å². The van der Waals surface area contributed by atoms with Gasteiger partial charge in [0.05, 0.1) is 5.69 Å². The number of anilines is 1. The number of ether oxygens (including phenoxy) is 1. The molecule has 0 aliphatic heterocycles. The quantitative estimate of drug-likeness (QED) is 0.751. The molecule has 0 atom stereocenters. The van der Waals surface area contributed by atoms with Crippen LogP contribution in [0.2, 0.25) is 0 Å². The summed E-state index contributed by atoms with van der Waals surface area (Å²) in [6, 6.07) is 1.74. The minimum Gasteiger partial charge on any atom is -0.397 e. The number of rotatable bonds is 7. The molecule has 5 nitrogen and oxygen atoms in total. The largest absolute Gasteiger partial charge is 0.397 e. The Bertz CT molecular complexity index is 388. The van der Waals surface area contributed by atoms with E-state index in [1.807, 2.05) is 10.8 Å². The molecule has 2 N–H and O–H groups in total. The van der Waals surface area contributed by atoms with Gasteiger partial charge in [0.25, 0.3) is 5.91 Å². The molecule has 0 bridgehead atoms. The first kappa shape index (κ1) is 14.6. The third kappa shape index (κ3) is 3.77. The molecule has 1 rings (SSSR count). The predicted molar refractivity (Wildman–Crippen MR) is 72.6 cm³/mol. The van der Waals surface area contributed by atoms with Gasteiger partial charge in [0.1, 0.15) is 5.69 Å². The summed E-state index contributed by atoms with van der Waals surface area (Å²) < 4.78 is 6.90. The van der Waals surface area contributed by atoms with E-state index in [2.05, 4.69) is 6.92 Å². The van der Waals surface area contributed by atoms with Crippen molar-refractivity contribution in [1.82, 2.24) is 9.47 Å². The lowest BCUT2D eigenvalue weighted by atomic mass is 10.3. The van der Waals surface area contributed by atoms with E-state index >= 15 is 0 Å². The average Bonchev–Trinajstić information content (AvgIpc) is 2.70. The number of hydrogen-bond donors (Lipinski definition) is 1. The van der Waals surface area contributed by atoms with Crippen LogP contribution in [0.3, 0.4) is 0 Å². The molecule has 1 aromatic heterocycles. The zero-order valence-corrected chi connectivity index (χ0v) is 11.5. The molecule has 102 valence electrons. The van der Waals surface area contributed by atoms with Crippen molar-refractivity contribution in [2.24, 2.45) is 0 Å². The first-order valence-corrected chi connectivity index (χ1v) is 6.30. The Morgan fingerprint density at radius 3 is 2.89 bits per heavy atom. The molecular formula is C13H23N3O2. The van der Waals surface area contributed by atoms with Gasteiger partial charge >= 0.3 is 0 Å². The van der Waals surface area contributed by atoms with Gasteiger partial charge in [0.2, 0.25) is 0 Å². The summed E-state index contributed by atoms with van der Waals surface area (Å²) in [7, 11) is 3.46. The minimum atomic E-state index is 0.0104. The van der Waals surface area contributed by atoms with Crippen LogP contribution in [0, 0.1) is 0 Å². The fourth-order valence-corrected chi connectivity index (χ4v) is 1.88. The van der Waals surface area contributed by atoms with Gasteiger partial charge in [-0.1, -0.05) is 6.92 Å². The van der Waals surface area contributed by atoms with Crippen LogP contribution in [-0.4, -0.2) is 42.7 Å². The van der Waals surface area contributed by atoms with Crippen LogP contribution in [0.4, 0.5) is 5.69 Å². The minimum absolute atomic E-state index is 0.0104. The highest BCUT2D eigenvalue weighted by molar-refractivity contribution is 5.93. The van der Waals surface area contributed by atoms with Crippen molar-refractivity contribution in [1.29, 1.82) is 0 Å². The molecule has 0 saturated carbocycles. The van der Waals surface area contributed by atoms with Crippen LogP contribution in [0.1, 0.15) is 30.3 Å². The molecular weight excluding hydrogens is 230 g/mol. The van der Waals surface area contributed by atoms with E-state index in [9.17, 15) is 4.79 Å². The molecule has 5 heteroatoms. The molecule has 0 aliphatic rings. The molecule has 1 aromatic rings. The monoisotopic (exact) mass is 253 g/mol. The van der Waals surface area contributed by atoms with Gasteiger partial charge in [0, 0.05) is 40.1 Å². The number of carbonyl (C=O) groups is 1. The van der Waals surface area contributed by atoms with E-state index in [-0.39, 0.29) is 5.91 Å². The summed E-state index contributed by atoms with van der Waals surface area (Å²) in [5.41, 5.74) is 7.06. The Morgan fingerprint density at radius 1 is 1.56 bits per heavy atom. The number of nitrogens with zero attached hydrogens (tertiary/aromatic N) is 2. The smallest absolute Gasteiger partial charge is 0.270 e. The third-order valence-corrected chi connectivity index (χ3v) is 2.79. The number of nitrogens with two attached hydrogens (primary N) is 1. The molecule has 0 fully saturated rings. The lowest BCUT2D eigenvalue weighted by molar-refractivity contribution is 0.0768. The second-order valence-electron chi connectivity index (χ2n) is 4.43. The summed E-state index contributed by atoms with van der Waals surface area (Å²) in [6.07, 6.45) is 3.63. The Balaban J connectivity index is 2.70. The molecule has 0 spiro atoms. The predicted octanol–water partition coefficient (Wildman–Crippen LogP) is 1.59. The summed E-state index contributed by atoms with van der Waals surface area (Å²) in [6.45, 7) is 4.23. The lowest BCUT2D eigenvalue weighted by Gasteiger charge is -2.18. The van der Waals surface area contributed by atoms with E-state index in [1.165, 1.54) is 0 Å². The fourth-order valence-electron chi connectivity index (χ4n) is 1.88. The number of hydrogen-bond acceptors (Lipinski definition) is 3. The first-order valence-electron chi connectivity index (χ1n) is 6.30. The van der Waals surface area contributed by atoms with Gasteiger partial charge in [0.15, 0.2) is 0 Å². The lowest BCUT2D eigenvalue weighted by Crippen LogP contribution is -2.30. The molecule has 0 aliphatic carbocycles. The Morgan fingerprint density at radius 2 is 2.28 bits per heavy atom. The van der Waals surface area contributed by atoms with Crippen LogP contribution in [0.15, 0.2) is 12.3 Å². The van der Waals surface area contributed by atoms with Crippen LogP contribution >= 0.6 is 0 Å². The normalized spacial score (nSPS) is 10.6. The van der Waals surface area contributed by atoms with Gasteiger partial charge in [-0.25, -0.2) is 0 Å². The summed E-state index contributed by atoms with van der Waals surface area (Å²) in [4.78, 5) is 14.0. The molecule has 1 heterocycles. The maximum Gasteiger partial charge on any atom is 0.270 e. The van der Waals surface area contributed by atoms with Crippen molar-refractivity contribution >= 4 is 11.6 Å². The fraction of sp³-hybridized carbons (Fsp3) is 0.615. The number of aromatic nitrogens is 1. The molecule has 18 heavy (non-hydrogen) atoms. The number of carbonyl (C=O) groups excluding carboxylic acids is 1. The maximum absolute atomic E-state index is 12.3.